The van der Waals surface area contributed by atoms with E-state index in [1.807, 2.05) is 0 Å². The number of aliphatic hydroxyl groups is 2. The van der Waals surface area contributed by atoms with Gasteiger partial charge in [0, 0.05) is 0 Å². The zero-order chi connectivity index (χ0) is 10.2. The van der Waals surface area contributed by atoms with Gasteiger partial charge in [0.05, 0.1) is 0 Å². The van der Waals surface area contributed by atoms with Crippen molar-refractivity contribution in [2.24, 2.45) is 0 Å². The van der Waals surface area contributed by atoms with Crippen LogP contribution in [0.3, 0.4) is 0 Å². The predicted molar refractivity (Wildman–Crippen MR) is 51.0 cm³/mol. The standard InChI is InChI=1S/C3H5Cl3O5S.Na.H/c4-1(2(5)7)3(6,8)12(9,10)11;;/h1-2,7-8H,(H,9,10,11);;. The van der Waals surface area contributed by atoms with E-state index in [0.717, 1.165) is 0 Å². The Kier molecular flexibility index (Phi) is 7.49. The molecular weight excluding hydrogens is 277 g/mol. The van der Waals surface area contributed by atoms with E-state index in [9.17, 15) is 8.42 Å². The van der Waals surface area contributed by atoms with Crippen molar-refractivity contribution < 1.29 is 23.2 Å². The second-order valence-electron chi connectivity index (χ2n) is 1.86. The molecule has 10 heteroatoms. The molecule has 3 atom stereocenters. The normalized spacial score (nSPS) is 21.1. The SMILES string of the molecule is O=S(=O)(O)C(O)(Cl)C(Cl)C(O)Cl.[NaH]. The summed E-state index contributed by atoms with van der Waals surface area (Å²) in [5, 5.41) is 15.4. The Morgan fingerprint density at radius 1 is 1.31 bits per heavy atom. The molecule has 0 aromatic rings. The average Bonchev–Trinajstić information content (AvgIpc) is 1.83. The summed E-state index contributed by atoms with van der Waals surface area (Å²) in [6, 6.07) is 0. The molecule has 0 aliphatic heterocycles. The molecule has 3 N–H and O–H groups in total. The van der Waals surface area contributed by atoms with Gasteiger partial charge in [-0.3, -0.25) is 4.55 Å². The summed E-state index contributed by atoms with van der Waals surface area (Å²) in [5.74, 6) is 0. The number of hydrogen-bond acceptors (Lipinski definition) is 4. The van der Waals surface area contributed by atoms with Crippen LogP contribution in [0.15, 0.2) is 0 Å². The molecule has 0 aliphatic rings. The average molecular weight is 283 g/mol. The van der Waals surface area contributed by atoms with Gasteiger partial charge in [-0.05, 0) is 0 Å². The molecule has 0 fully saturated rings. The summed E-state index contributed by atoms with van der Waals surface area (Å²) in [6.45, 7) is 0. The fourth-order valence-corrected chi connectivity index (χ4v) is 1.50. The van der Waals surface area contributed by atoms with E-state index < -0.39 is 25.5 Å². The van der Waals surface area contributed by atoms with Gasteiger partial charge < -0.3 is 10.2 Å². The zero-order valence-electron chi connectivity index (χ0n) is 5.35. The minimum absolute atomic E-state index is 0. The van der Waals surface area contributed by atoms with E-state index in [1.54, 1.807) is 0 Å². The van der Waals surface area contributed by atoms with Crippen LogP contribution in [-0.2, 0) is 10.1 Å². The molecule has 0 aliphatic carbocycles. The Morgan fingerprint density at radius 3 is 1.69 bits per heavy atom. The van der Waals surface area contributed by atoms with E-state index in [0.29, 0.717) is 0 Å². The van der Waals surface area contributed by atoms with Gasteiger partial charge in [0.2, 0.25) is 0 Å². The quantitative estimate of drug-likeness (QED) is 0.361. The Hall–Kier alpha value is 1.70. The summed E-state index contributed by atoms with van der Waals surface area (Å²) >= 11 is 14.9. The van der Waals surface area contributed by atoms with Crippen LogP contribution >= 0.6 is 34.8 Å². The van der Waals surface area contributed by atoms with Crippen molar-refractivity contribution in [3.05, 3.63) is 0 Å². The molecule has 3 unspecified atom stereocenters. The van der Waals surface area contributed by atoms with Crippen LogP contribution in [0.1, 0.15) is 0 Å². The Bertz CT molecular complexity index is 252. The van der Waals surface area contributed by atoms with Gasteiger partial charge in [0.1, 0.15) is 10.9 Å². The summed E-state index contributed by atoms with van der Waals surface area (Å²) < 4.78 is 25.7. The van der Waals surface area contributed by atoms with E-state index in [1.165, 1.54) is 0 Å². The van der Waals surface area contributed by atoms with Gasteiger partial charge >= 0.3 is 39.7 Å². The molecule has 0 aromatic carbocycles. The van der Waals surface area contributed by atoms with E-state index >= 15 is 0 Å². The number of alkyl halides is 3. The van der Waals surface area contributed by atoms with Gasteiger partial charge in [-0.15, -0.1) is 11.6 Å². The molecule has 0 bridgehead atoms. The number of aliphatic hydroxyl groups excluding tert-OH is 1. The third-order valence-corrected chi connectivity index (χ3v) is 3.92. The molecule has 0 radical (unpaired) electrons. The van der Waals surface area contributed by atoms with E-state index in [2.05, 4.69) is 0 Å². The Morgan fingerprint density at radius 2 is 1.62 bits per heavy atom. The second-order valence-corrected chi connectivity index (χ2v) is 5.15. The number of halogens is 3. The first-order valence-corrected chi connectivity index (χ1v) is 5.14. The first-order chi connectivity index (χ1) is 5.10. The third kappa shape index (κ3) is 4.38. The van der Waals surface area contributed by atoms with Gasteiger partial charge in [0.25, 0.3) is 4.39 Å². The van der Waals surface area contributed by atoms with Crippen molar-refractivity contribution in [2.45, 2.75) is 15.3 Å². The van der Waals surface area contributed by atoms with Crippen LogP contribution in [0.2, 0.25) is 0 Å². The van der Waals surface area contributed by atoms with Gasteiger partial charge in [-0.1, -0.05) is 23.2 Å². The first-order valence-electron chi connectivity index (χ1n) is 2.45. The minimum atomic E-state index is -5.00. The van der Waals surface area contributed by atoms with E-state index in [4.69, 9.17) is 49.6 Å². The predicted octanol–water partition coefficient (Wildman–Crippen LogP) is -0.725. The number of rotatable bonds is 3. The van der Waals surface area contributed by atoms with Crippen LogP contribution in [0.25, 0.3) is 0 Å². The van der Waals surface area contributed by atoms with Gasteiger partial charge in [-0.2, -0.15) is 8.42 Å². The van der Waals surface area contributed by atoms with Crippen LogP contribution in [0, 0.1) is 0 Å². The van der Waals surface area contributed by atoms with Crippen molar-refractivity contribution in [1.82, 2.24) is 0 Å². The maximum atomic E-state index is 10.3. The topological polar surface area (TPSA) is 94.8 Å². The monoisotopic (exact) mass is 282 g/mol. The molecule has 0 amide bonds. The second kappa shape index (κ2) is 5.69. The summed E-state index contributed by atoms with van der Waals surface area (Å²) in [6.07, 6.45) is 0. The van der Waals surface area contributed by atoms with Crippen molar-refractivity contribution >= 4 is 74.5 Å². The van der Waals surface area contributed by atoms with Crippen molar-refractivity contribution in [1.29, 1.82) is 0 Å². The molecular formula is C3H6Cl3NaO5S. The summed E-state index contributed by atoms with van der Waals surface area (Å²) in [4.78, 5) is 0. The molecule has 0 saturated heterocycles. The molecule has 0 saturated carbocycles. The molecule has 0 rings (SSSR count). The molecule has 76 valence electrons. The maximum absolute atomic E-state index is 10.3. The van der Waals surface area contributed by atoms with E-state index in [-0.39, 0.29) is 29.6 Å². The molecule has 13 heavy (non-hydrogen) atoms. The molecule has 0 heterocycles. The first kappa shape index (κ1) is 17.1. The van der Waals surface area contributed by atoms with Crippen LogP contribution in [0.5, 0.6) is 0 Å². The fraction of sp³-hybridized carbons (Fsp3) is 1.00. The van der Waals surface area contributed by atoms with Crippen molar-refractivity contribution in [2.75, 3.05) is 0 Å². The van der Waals surface area contributed by atoms with Crippen LogP contribution < -0.4 is 0 Å². The van der Waals surface area contributed by atoms with Crippen LogP contribution in [-0.4, -0.2) is 68.1 Å². The molecule has 0 spiro atoms. The molecule has 0 aromatic heterocycles. The van der Waals surface area contributed by atoms with Gasteiger partial charge in [0.15, 0.2) is 0 Å². The van der Waals surface area contributed by atoms with Crippen LogP contribution in [0.4, 0.5) is 0 Å². The van der Waals surface area contributed by atoms with Crippen molar-refractivity contribution in [3.8, 4) is 0 Å². The summed E-state index contributed by atoms with van der Waals surface area (Å²) in [7, 11) is -5.00. The zero-order valence-corrected chi connectivity index (χ0v) is 8.44. The van der Waals surface area contributed by atoms with Crippen molar-refractivity contribution in [3.63, 3.8) is 0 Å². The Balaban J connectivity index is 0. The Labute approximate surface area is 112 Å². The third-order valence-electron chi connectivity index (χ3n) is 0.943. The van der Waals surface area contributed by atoms with Gasteiger partial charge in [-0.25, -0.2) is 0 Å². The fourth-order valence-electron chi connectivity index (χ4n) is 0.312. The number of hydrogen-bond donors (Lipinski definition) is 3. The molecule has 5 nitrogen and oxygen atoms in total. The summed E-state index contributed by atoms with van der Waals surface area (Å²) in [5.41, 5.74) is -1.91.